The summed E-state index contributed by atoms with van der Waals surface area (Å²) in [6, 6.07) is 14.4. The molecule has 0 N–H and O–H groups in total. The Hall–Kier alpha value is -3.15. The van der Waals surface area contributed by atoms with Crippen LogP contribution in [0.25, 0.3) is 0 Å². The Kier molecular flexibility index (Phi) is 8.42. The number of methoxy groups -OCH3 is 1. The van der Waals surface area contributed by atoms with Gasteiger partial charge < -0.3 is 14.4 Å². The molecule has 0 spiro atoms. The van der Waals surface area contributed by atoms with Crippen molar-refractivity contribution in [3.8, 4) is 5.75 Å². The van der Waals surface area contributed by atoms with E-state index in [0.29, 0.717) is 42.8 Å². The minimum atomic E-state index is -0.495. The smallest absolute Gasteiger partial charge is 0.338 e. The van der Waals surface area contributed by atoms with Crippen LogP contribution in [0.1, 0.15) is 58.9 Å². The molecule has 0 aromatic heterocycles. The molecule has 170 valence electrons. The average Bonchev–Trinajstić information content (AvgIpc) is 2.85. The number of benzene rings is 2. The summed E-state index contributed by atoms with van der Waals surface area (Å²) in [6.45, 7) is 2.82. The van der Waals surface area contributed by atoms with Crippen molar-refractivity contribution < 1.29 is 23.9 Å². The van der Waals surface area contributed by atoms with Crippen molar-refractivity contribution in [1.82, 2.24) is 4.90 Å². The zero-order valence-corrected chi connectivity index (χ0v) is 18.8. The molecule has 0 atom stereocenters. The lowest BCUT2D eigenvalue weighted by molar-refractivity contribution is -0.135. The van der Waals surface area contributed by atoms with Gasteiger partial charge in [0.25, 0.3) is 5.91 Å². The molecule has 1 amide bonds. The molecule has 0 unspecified atom stereocenters. The van der Waals surface area contributed by atoms with Gasteiger partial charge in [0, 0.05) is 24.6 Å². The van der Waals surface area contributed by atoms with Crippen molar-refractivity contribution in [2.45, 2.75) is 39.0 Å². The van der Waals surface area contributed by atoms with Crippen LogP contribution in [0.15, 0.2) is 48.5 Å². The summed E-state index contributed by atoms with van der Waals surface area (Å²) in [4.78, 5) is 39.1. The fourth-order valence-electron chi connectivity index (χ4n) is 3.87. The highest BCUT2D eigenvalue weighted by molar-refractivity contribution is 5.98. The summed E-state index contributed by atoms with van der Waals surface area (Å²) in [6.07, 6.45) is 4.42. The molecule has 0 bridgehead atoms. The molecule has 0 aliphatic carbocycles. The van der Waals surface area contributed by atoms with Gasteiger partial charge in [0.15, 0.2) is 12.4 Å². The topological polar surface area (TPSA) is 72.9 Å². The largest absolute Gasteiger partial charge is 0.497 e. The van der Waals surface area contributed by atoms with Crippen LogP contribution in [0.3, 0.4) is 0 Å². The number of likely N-dealkylation sites (tertiary alicyclic amines) is 1. The van der Waals surface area contributed by atoms with Crippen LogP contribution in [-0.4, -0.2) is 49.4 Å². The summed E-state index contributed by atoms with van der Waals surface area (Å²) in [5.41, 5.74) is 2.29. The Bertz CT molecular complexity index is 912. The normalized spacial score (nSPS) is 14.1. The van der Waals surface area contributed by atoms with Gasteiger partial charge in [-0.15, -0.1) is 0 Å². The van der Waals surface area contributed by atoms with Gasteiger partial charge in [0.1, 0.15) is 5.75 Å². The number of Topliss-reactive ketones (excluding diaryl/α,β-unsaturated/α-hetero) is 1. The highest BCUT2D eigenvalue weighted by atomic mass is 16.5. The molecule has 2 aromatic carbocycles. The van der Waals surface area contributed by atoms with E-state index >= 15 is 0 Å². The molecule has 6 nitrogen and oxygen atoms in total. The first-order chi connectivity index (χ1) is 15.5. The molecule has 1 heterocycles. The zero-order valence-electron chi connectivity index (χ0n) is 18.8. The maximum absolute atomic E-state index is 12.7. The van der Waals surface area contributed by atoms with Crippen molar-refractivity contribution >= 4 is 17.7 Å². The number of nitrogens with zero attached hydrogens (tertiary/aromatic N) is 1. The summed E-state index contributed by atoms with van der Waals surface area (Å²) < 4.78 is 10.4. The lowest BCUT2D eigenvalue weighted by Gasteiger charge is -2.31. The van der Waals surface area contributed by atoms with Crippen LogP contribution in [0.4, 0.5) is 0 Å². The number of carbonyl (C=O) groups excluding carboxylic acids is 3. The fourth-order valence-corrected chi connectivity index (χ4v) is 3.87. The molecule has 2 aromatic rings. The standard InChI is InChI=1S/C26H31NO5/c1-3-4-5-19-6-8-22(9-7-19)26(30)32-18-24(28)27-16-14-21(15-17-27)25(29)20-10-12-23(31-2)13-11-20/h6-13,21H,3-5,14-18H2,1-2H3. The van der Waals surface area contributed by atoms with E-state index < -0.39 is 5.97 Å². The molecular formula is C26H31NO5. The highest BCUT2D eigenvalue weighted by Gasteiger charge is 2.28. The van der Waals surface area contributed by atoms with Crippen molar-refractivity contribution in [1.29, 1.82) is 0 Å². The predicted octanol–water partition coefficient (Wildman–Crippen LogP) is 4.32. The van der Waals surface area contributed by atoms with Crippen molar-refractivity contribution in [3.63, 3.8) is 0 Å². The van der Waals surface area contributed by atoms with Gasteiger partial charge >= 0.3 is 5.97 Å². The molecule has 32 heavy (non-hydrogen) atoms. The Labute approximate surface area is 189 Å². The second-order valence-electron chi connectivity index (χ2n) is 8.12. The summed E-state index contributed by atoms with van der Waals surface area (Å²) in [7, 11) is 1.59. The number of piperidine rings is 1. The first-order valence-electron chi connectivity index (χ1n) is 11.2. The van der Waals surface area contributed by atoms with E-state index in [0.717, 1.165) is 19.3 Å². The number of ketones is 1. The van der Waals surface area contributed by atoms with Gasteiger partial charge in [-0.2, -0.15) is 0 Å². The Morgan fingerprint density at radius 2 is 1.56 bits per heavy atom. The van der Waals surface area contributed by atoms with Gasteiger partial charge in [-0.1, -0.05) is 25.5 Å². The number of ether oxygens (including phenoxy) is 2. The summed E-state index contributed by atoms with van der Waals surface area (Å²) in [5.74, 6) is -0.0306. The van der Waals surface area contributed by atoms with E-state index in [1.807, 2.05) is 12.1 Å². The second-order valence-corrected chi connectivity index (χ2v) is 8.12. The van der Waals surface area contributed by atoms with Gasteiger partial charge in [0.2, 0.25) is 0 Å². The molecule has 1 saturated heterocycles. The summed E-state index contributed by atoms with van der Waals surface area (Å²) in [5, 5.41) is 0. The number of esters is 1. The molecule has 0 saturated carbocycles. The maximum Gasteiger partial charge on any atom is 0.338 e. The van der Waals surface area contributed by atoms with E-state index in [1.165, 1.54) is 5.56 Å². The van der Waals surface area contributed by atoms with E-state index in [2.05, 4.69) is 6.92 Å². The number of rotatable bonds is 9. The lowest BCUT2D eigenvalue weighted by atomic mass is 9.89. The number of hydrogen-bond donors (Lipinski definition) is 0. The number of hydrogen-bond acceptors (Lipinski definition) is 5. The maximum atomic E-state index is 12.7. The summed E-state index contributed by atoms with van der Waals surface area (Å²) >= 11 is 0. The first-order valence-corrected chi connectivity index (χ1v) is 11.2. The number of unbranched alkanes of at least 4 members (excludes halogenated alkanes) is 1. The molecule has 6 heteroatoms. The first kappa shape index (κ1) is 23.5. The monoisotopic (exact) mass is 437 g/mol. The third kappa shape index (κ3) is 6.19. The van der Waals surface area contributed by atoms with Crippen molar-refractivity contribution in [2.24, 2.45) is 5.92 Å². The SMILES string of the molecule is CCCCc1ccc(C(=O)OCC(=O)N2CCC(C(=O)c3ccc(OC)cc3)CC2)cc1. The molecule has 0 radical (unpaired) electrons. The van der Waals surface area contributed by atoms with Crippen LogP contribution < -0.4 is 4.74 Å². The molecule has 3 rings (SSSR count). The lowest BCUT2D eigenvalue weighted by Crippen LogP contribution is -2.42. The number of carbonyl (C=O) groups is 3. The number of aryl methyl sites for hydroxylation is 1. The van der Waals surface area contributed by atoms with Gasteiger partial charge in [0.05, 0.1) is 12.7 Å². The van der Waals surface area contributed by atoms with E-state index in [1.54, 1.807) is 48.4 Å². The second kappa shape index (κ2) is 11.5. The Morgan fingerprint density at radius 1 is 0.938 bits per heavy atom. The highest BCUT2D eigenvalue weighted by Crippen LogP contribution is 2.23. The predicted molar refractivity (Wildman–Crippen MR) is 122 cm³/mol. The Balaban J connectivity index is 1.43. The zero-order chi connectivity index (χ0) is 22.9. The van der Waals surface area contributed by atoms with E-state index in [4.69, 9.17) is 9.47 Å². The van der Waals surface area contributed by atoms with Crippen LogP contribution in [0, 0.1) is 5.92 Å². The van der Waals surface area contributed by atoms with Crippen LogP contribution in [-0.2, 0) is 16.0 Å². The van der Waals surface area contributed by atoms with Crippen molar-refractivity contribution in [3.05, 3.63) is 65.2 Å². The Morgan fingerprint density at radius 3 is 2.16 bits per heavy atom. The number of amides is 1. The molecule has 1 aliphatic rings. The molecule has 1 fully saturated rings. The molecular weight excluding hydrogens is 406 g/mol. The average molecular weight is 438 g/mol. The molecule has 1 aliphatic heterocycles. The third-order valence-electron chi connectivity index (χ3n) is 5.93. The van der Waals surface area contributed by atoms with E-state index in [-0.39, 0.29) is 24.2 Å². The van der Waals surface area contributed by atoms with E-state index in [9.17, 15) is 14.4 Å². The van der Waals surface area contributed by atoms with Crippen LogP contribution in [0.2, 0.25) is 0 Å². The van der Waals surface area contributed by atoms with Gasteiger partial charge in [-0.25, -0.2) is 4.79 Å². The minimum Gasteiger partial charge on any atom is -0.497 e. The fraction of sp³-hybridized carbons (Fsp3) is 0.423. The van der Waals surface area contributed by atoms with Crippen molar-refractivity contribution in [2.75, 3.05) is 26.8 Å². The van der Waals surface area contributed by atoms with Gasteiger partial charge in [-0.05, 0) is 67.6 Å². The third-order valence-corrected chi connectivity index (χ3v) is 5.93. The van der Waals surface area contributed by atoms with Gasteiger partial charge in [-0.3, -0.25) is 9.59 Å². The quantitative estimate of drug-likeness (QED) is 0.432. The van der Waals surface area contributed by atoms with Crippen LogP contribution >= 0.6 is 0 Å². The minimum absolute atomic E-state index is 0.0913. The van der Waals surface area contributed by atoms with Crippen LogP contribution in [0.5, 0.6) is 5.75 Å².